The molecule has 1 saturated carbocycles. The lowest BCUT2D eigenvalue weighted by Crippen LogP contribution is -2.54. The first-order chi connectivity index (χ1) is 16.6. The zero-order valence-corrected chi connectivity index (χ0v) is 18.6. The number of nitrogens with zero attached hydrogens (tertiary/aromatic N) is 5. The summed E-state index contributed by atoms with van der Waals surface area (Å²) in [6.45, 7) is 1.63. The number of rotatable bonds is 6. The third kappa shape index (κ3) is 4.78. The maximum Gasteiger partial charge on any atom is 0.318 e. The zero-order chi connectivity index (χ0) is 23.5. The van der Waals surface area contributed by atoms with Gasteiger partial charge in [-0.2, -0.15) is 5.26 Å². The van der Waals surface area contributed by atoms with Gasteiger partial charge in [-0.3, -0.25) is 9.78 Å². The predicted molar refractivity (Wildman–Crippen MR) is 124 cm³/mol. The highest BCUT2D eigenvalue weighted by molar-refractivity contribution is 5.75. The number of anilines is 1. The number of piperidine rings is 1. The third-order valence-corrected chi connectivity index (χ3v) is 6.18. The first kappa shape index (κ1) is 21.7. The molecular formula is C24H25N7O3. The van der Waals surface area contributed by atoms with E-state index in [1.165, 1.54) is 12.3 Å². The standard InChI is InChI=1S/C24H25N7O3/c25-13-16-3-1-4-17(11-16)21-12-20(34-29-21)14-27-24(33)31(18-6-7-18)19-5-2-10-30(15-19)23-26-9-8-22(32)28-23/h1,3-4,8-9,11-12,18-19H,2,5-7,10,14-15H2,(H,27,33)(H,26,28,32). The van der Waals surface area contributed by atoms with E-state index in [4.69, 9.17) is 9.78 Å². The lowest BCUT2D eigenvalue weighted by atomic mass is 10.0. The quantitative estimate of drug-likeness (QED) is 0.579. The summed E-state index contributed by atoms with van der Waals surface area (Å²) in [7, 11) is 0. The Hall–Kier alpha value is -4.13. The second-order valence-electron chi connectivity index (χ2n) is 8.67. The minimum absolute atomic E-state index is 0.0331. The lowest BCUT2D eigenvalue weighted by molar-refractivity contribution is 0.159. The molecule has 2 amide bonds. The van der Waals surface area contributed by atoms with Crippen LogP contribution in [0.4, 0.5) is 10.7 Å². The largest absolute Gasteiger partial charge is 0.359 e. The monoisotopic (exact) mass is 459 g/mol. The van der Waals surface area contributed by atoms with Gasteiger partial charge in [-0.1, -0.05) is 17.3 Å². The van der Waals surface area contributed by atoms with Crippen molar-refractivity contribution in [3.05, 3.63) is 64.3 Å². The minimum atomic E-state index is -0.185. The first-order valence-corrected chi connectivity index (χ1v) is 11.4. The van der Waals surface area contributed by atoms with E-state index in [0.29, 0.717) is 29.5 Å². The average molecular weight is 460 g/mol. The van der Waals surface area contributed by atoms with Crippen molar-refractivity contribution in [3.8, 4) is 17.3 Å². The molecule has 1 unspecified atom stereocenters. The van der Waals surface area contributed by atoms with Crippen LogP contribution in [0.3, 0.4) is 0 Å². The molecule has 0 bridgehead atoms. The maximum absolute atomic E-state index is 13.2. The molecular weight excluding hydrogens is 434 g/mol. The van der Waals surface area contributed by atoms with Crippen LogP contribution in [0.15, 0.2) is 51.9 Å². The fourth-order valence-electron chi connectivity index (χ4n) is 4.41. The van der Waals surface area contributed by atoms with Crippen molar-refractivity contribution in [2.75, 3.05) is 18.0 Å². The highest BCUT2D eigenvalue weighted by Crippen LogP contribution is 2.32. The number of H-pyrrole nitrogens is 1. The van der Waals surface area contributed by atoms with Gasteiger partial charge in [0.25, 0.3) is 5.56 Å². The fourth-order valence-corrected chi connectivity index (χ4v) is 4.41. The van der Waals surface area contributed by atoms with Crippen molar-refractivity contribution in [2.45, 2.75) is 44.3 Å². The molecule has 2 N–H and O–H groups in total. The number of aromatic nitrogens is 3. The number of nitriles is 1. The summed E-state index contributed by atoms with van der Waals surface area (Å²) in [6.07, 6.45) is 5.30. The van der Waals surface area contributed by atoms with E-state index in [-0.39, 0.29) is 30.2 Å². The van der Waals surface area contributed by atoms with Gasteiger partial charge in [-0.05, 0) is 37.8 Å². The molecule has 3 aromatic rings. The average Bonchev–Trinajstić information content (AvgIpc) is 3.58. The van der Waals surface area contributed by atoms with Crippen molar-refractivity contribution in [3.63, 3.8) is 0 Å². The van der Waals surface area contributed by atoms with E-state index in [1.807, 2.05) is 15.9 Å². The molecule has 10 heteroatoms. The molecule has 2 aliphatic rings. The van der Waals surface area contributed by atoms with Gasteiger partial charge < -0.3 is 19.6 Å². The number of hydrogen-bond acceptors (Lipinski definition) is 7. The molecule has 1 aromatic carbocycles. The smallest absolute Gasteiger partial charge is 0.318 e. The van der Waals surface area contributed by atoms with Crippen molar-refractivity contribution in [1.29, 1.82) is 5.26 Å². The first-order valence-electron chi connectivity index (χ1n) is 11.4. The van der Waals surface area contributed by atoms with E-state index in [0.717, 1.165) is 37.8 Å². The SMILES string of the molecule is N#Cc1cccc(-c2cc(CNC(=O)N(C3CC3)C3CCCN(c4nccc(=O)[nH]4)C3)on2)c1. The number of urea groups is 1. The van der Waals surface area contributed by atoms with E-state index < -0.39 is 0 Å². The summed E-state index contributed by atoms with van der Waals surface area (Å²) in [6, 6.07) is 12.6. The van der Waals surface area contributed by atoms with Crippen molar-refractivity contribution >= 4 is 12.0 Å². The molecule has 1 aliphatic heterocycles. The second kappa shape index (κ2) is 9.39. The number of carbonyl (C=O) groups is 1. The van der Waals surface area contributed by atoms with Crippen LogP contribution >= 0.6 is 0 Å². The number of nitrogens with one attached hydrogen (secondary N) is 2. The molecule has 1 aliphatic carbocycles. The Morgan fingerprint density at radius 3 is 2.94 bits per heavy atom. The Balaban J connectivity index is 1.24. The van der Waals surface area contributed by atoms with Crippen LogP contribution in [0, 0.1) is 11.3 Å². The van der Waals surface area contributed by atoms with E-state index in [1.54, 1.807) is 24.3 Å². The normalized spacial score (nSPS) is 17.7. The zero-order valence-electron chi connectivity index (χ0n) is 18.6. The summed E-state index contributed by atoms with van der Waals surface area (Å²) < 4.78 is 5.41. The van der Waals surface area contributed by atoms with Gasteiger partial charge in [-0.25, -0.2) is 9.78 Å². The molecule has 2 aromatic heterocycles. The molecule has 1 saturated heterocycles. The Morgan fingerprint density at radius 2 is 2.15 bits per heavy atom. The molecule has 0 radical (unpaired) electrons. The molecule has 34 heavy (non-hydrogen) atoms. The van der Waals surface area contributed by atoms with Gasteiger partial charge in [0, 0.05) is 43.0 Å². The number of aromatic amines is 1. The van der Waals surface area contributed by atoms with Crippen LogP contribution in [-0.4, -0.2) is 51.2 Å². The van der Waals surface area contributed by atoms with Crippen LogP contribution < -0.4 is 15.8 Å². The molecule has 174 valence electrons. The Bertz CT molecular complexity index is 1270. The van der Waals surface area contributed by atoms with Crippen LogP contribution in [-0.2, 0) is 6.54 Å². The fraction of sp³-hybridized carbons (Fsp3) is 0.375. The van der Waals surface area contributed by atoms with Gasteiger partial charge in [0.05, 0.1) is 24.2 Å². The number of carbonyl (C=O) groups excluding carboxylic acids is 1. The summed E-state index contributed by atoms with van der Waals surface area (Å²) in [5.74, 6) is 1.08. The van der Waals surface area contributed by atoms with E-state index in [2.05, 4.69) is 26.5 Å². The summed E-state index contributed by atoms with van der Waals surface area (Å²) in [5.41, 5.74) is 1.77. The van der Waals surface area contributed by atoms with Crippen LogP contribution in [0.25, 0.3) is 11.3 Å². The van der Waals surface area contributed by atoms with Crippen LogP contribution in [0.5, 0.6) is 0 Å². The summed E-state index contributed by atoms with van der Waals surface area (Å²) >= 11 is 0. The van der Waals surface area contributed by atoms with Gasteiger partial charge in [-0.15, -0.1) is 0 Å². The van der Waals surface area contributed by atoms with Gasteiger partial charge in [0.2, 0.25) is 5.95 Å². The lowest BCUT2D eigenvalue weighted by Gasteiger charge is -2.39. The van der Waals surface area contributed by atoms with Gasteiger partial charge >= 0.3 is 6.03 Å². The Kier molecular flexibility index (Phi) is 5.99. The molecule has 2 fully saturated rings. The number of amides is 2. The number of hydrogen-bond donors (Lipinski definition) is 2. The molecule has 10 nitrogen and oxygen atoms in total. The van der Waals surface area contributed by atoms with Crippen LogP contribution in [0.2, 0.25) is 0 Å². The minimum Gasteiger partial charge on any atom is -0.359 e. The van der Waals surface area contributed by atoms with Crippen molar-refractivity contribution in [2.24, 2.45) is 0 Å². The molecule has 0 spiro atoms. The molecule has 3 heterocycles. The molecule has 5 rings (SSSR count). The number of benzene rings is 1. The third-order valence-electron chi connectivity index (χ3n) is 6.18. The summed E-state index contributed by atoms with van der Waals surface area (Å²) in [4.78, 5) is 35.9. The van der Waals surface area contributed by atoms with Crippen LogP contribution in [0.1, 0.15) is 37.0 Å². The highest BCUT2D eigenvalue weighted by Gasteiger charge is 2.39. The van der Waals surface area contributed by atoms with E-state index >= 15 is 0 Å². The highest BCUT2D eigenvalue weighted by atomic mass is 16.5. The predicted octanol–water partition coefficient (Wildman–Crippen LogP) is 2.64. The maximum atomic E-state index is 13.2. The molecule has 1 atom stereocenters. The topological polar surface area (TPSA) is 131 Å². The van der Waals surface area contributed by atoms with Crippen molar-refractivity contribution < 1.29 is 9.32 Å². The summed E-state index contributed by atoms with van der Waals surface area (Å²) in [5, 5.41) is 16.2. The van der Waals surface area contributed by atoms with Gasteiger partial charge in [0.1, 0.15) is 5.69 Å². The Morgan fingerprint density at radius 1 is 1.26 bits per heavy atom. The van der Waals surface area contributed by atoms with Gasteiger partial charge in [0.15, 0.2) is 5.76 Å². The second-order valence-corrected chi connectivity index (χ2v) is 8.67. The van der Waals surface area contributed by atoms with E-state index in [9.17, 15) is 9.59 Å². The Labute approximate surface area is 196 Å². The van der Waals surface area contributed by atoms with Crippen molar-refractivity contribution in [1.82, 2.24) is 25.3 Å².